The van der Waals surface area contributed by atoms with Crippen molar-refractivity contribution in [2.24, 2.45) is 5.92 Å². The molecule has 1 saturated carbocycles. The highest BCUT2D eigenvalue weighted by Gasteiger charge is 2.33. The molecule has 0 aliphatic heterocycles. The fraction of sp³-hybridized carbons (Fsp3) is 0.706. The number of rotatable bonds is 6. The molecule has 0 radical (unpaired) electrons. The average Bonchev–Trinajstić information content (AvgIpc) is 2.33. The minimum atomic E-state index is 0.170. The molecule has 4 nitrogen and oxygen atoms in total. The van der Waals surface area contributed by atoms with E-state index in [9.17, 15) is 0 Å². The molecule has 1 fully saturated rings. The van der Waals surface area contributed by atoms with Crippen LogP contribution in [0.1, 0.15) is 47.5 Å². The van der Waals surface area contributed by atoms with Crippen molar-refractivity contribution in [3.8, 4) is 11.6 Å². The third-order valence-electron chi connectivity index (χ3n) is 3.31. The van der Waals surface area contributed by atoms with Crippen molar-refractivity contribution in [1.82, 2.24) is 10.3 Å². The van der Waals surface area contributed by atoms with Crippen LogP contribution in [0.15, 0.2) is 18.3 Å². The predicted molar refractivity (Wildman–Crippen MR) is 84.9 cm³/mol. The van der Waals surface area contributed by atoms with E-state index < -0.39 is 0 Å². The summed E-state index contributed by atoms with van der Waals surface area (Å²) in [4.78, 5) is 4.31. The topological polar surface area (TPSA) is 43.4 Å². The molecule has 2 rings (SSSR count). The van der Waals surface area contributed by atoms with Crippen molar-refractivity contribution in [3.05, 3.63) is 18.3 Å². The van der Waals surface area contributed by atoms with Gasteiger partial charge in [-0.3, -0.25) is 0 Å². The number of nitrogens with zero attached hydrogens (tertiary/aromatic N) is 1. The molecular formula is C17H28N2O2. The summed E-state index contributed by atoms with van der Waals surface area (Å²) in [5.41, 5.74) is 0.170. The van der Waals surface area contributed by atoms with Gasteiger partial charge >= 0.3 is 0 Å². The summed E-state index contributed by atoms with van der Waals surface area (Å²) < 4.78 is 11.5. The van der Waals surface area contributed by atoms with Gasteiger partial charge in [0.2, 0.25) is 5.88 Å². The molecule has 1 aliphatic rings. The Morgan fingerprint density at radius 1 is 1.29 bits per heavy atom. The Morgan fingerprint density at radius 3 is 2.52 bits per heavy atom. The molecule has 0 atom stereocenters. The first-order chi connectivity index (χ1) is 9.82. The lowest BCUT2D eigenvalue weighted by molar-refractivity contribution is 0.0693. The summed E-state index contributed by atoms with van der Waals surface area (Å²) >= 11 is 0. The van der Waals surface area contributed by atoms with Gasteiger partial charge in [0.05, 0.1) is 12.8 Å². The van der Waals surface area contributed by atoms with Crippen LogP contribution in [0.2, 0.25) is 0 Å². The van der Waals surface area contributed by atoms with Crippen LogP contribution in [-0.2, 0) is 0 Å². The highest BCUT2D eigenvalue weighted by Crippen LogP contribution is 2.27. The monoisotopic (exact) mass is 292 g/mol. The molecule has 1 N–H and O–H groups in total. The highest BCUT2D eigenvalue weighted by molar-refractivity contribution is 5.23. The molecule has 0 bridgehead atoms. The number of hydrogen-bond donors (Lipinski definition) is 1. The molecule has 118 valence electrons. The van der Waals surface area contributed by atoms with Crippen molar-refractivity contribution in [2.75, 3.05) is 6.61 Å². The van der Waals surface area contributed by atoms with Gasteiger partial charge in [-0.2, -0.15) is 0 Å². The van der Waals surface area contributed by atoms with Crippen molar-refractivity contribution >= 4 is 0 Å². The zero-order valence-corrected chi connectivity index (χ0v) is 13.8. The van der Waals surface area contributed by atoms with E-state index in [4.69, 9.17) is 9.47 Å². The molecule has 21 heavy (non-hydrogen) atoms. The molecule has 0 saturated heterocycles. The maximum atomic E-state index is 5.87. The standard InChI is InChI=1S/C17H28N2O2/c1-12(2)11-20-14-6-7-16(18-10-14)21-15-8-13(9-15)19-17(3,4)5/h6-7,10,12-13,15,19H,8-9,11H2,1-5H3. The largest absolute Gasteiger partial charge is 0.492 e. The summed E-state index contributed by atoms with van der Waals surface area (Å²) in [7, 11) is 0. The van der Waals surface area contributed by atoms with E-state index in [1.807, 2.05) is 12.1 Å². The third kappa shape index (κ3) is 5.54. The van der Waals surface area contributed by atoms with Crippen LogP contribution in [0.25, 0.3) is 0 Å². The smallest absolute Gasteiger partial charge is 0.213 e. The van der Waals surface area contributed by atoms with Crippen molar-refractivity contribution < 1.29 is 9.47 Å². The average molecular weight is 292 g/mol. The minimum Gasteiger partial charge on any atom is -0.492 e. The second-order valence-electron chi connectivity index (χ2n) is 7.34. The Bertz CT molecular complexity index is 431. The van der Waals surface area contributed by atoms with Crippen LogP contribution in [-0.4, -0.2) is 29.3 Å². The Balaban J connectivity index is 1.73. The summed E-state index contributed by atoms with van der Waals surface area (Å²) in [6, 6.07) is 4.37. The number of pyridine rings is 1. The number of nitrogens with one attached hydrogen (secondary N) is 1. The fourth-order valence-electron chi connectivity index (χ4n) is 2.35. The molecule has 0 spiro atoms. The van der Waals surface area contributed by atoms with Gasteiger partial charge < -0.3 is 14.8 Å². The predicted octanol–water partition coefficient (Wildman–Crippen LogP) is 3.41. The van der Waals surface area contributed by atoms with Crippen LogP contribution in [0.5, 0.6) is 11.6 Å². The first kappa shape index (κ1) is 16.1. The zero-order chi connectivity index (χ0) is 15.5. The third-order valence-corrected chi connectivity index (χ3v) is 3.31. The number of aromatic nitrogens is 1. The molecule has 1 heterocycles. The van der Waals surface area contributed by atoms with Gasteiger partial charge in [0, 0.05) is 17.6 Å². The minimum absolute atomic E-state index is 0.170. The molecular weight excluding hydrogens is 264 g/mol. The van der Waals surface area contributed by atoms with E-state index in [1.54, 1.807) is 6.20 Å². The van der Waals surface area contributed by atoms with E-state index in [2.05, 4.69) is 44.9 Å². The first-order valence-electron chi connectivity index (χ1n) is 7.85. The van der Waals surface area contributed by atoms with Crippen molar-refractivity contribution in [3.63, 3.8) is 0 Å². The van der Waals surface area contributed by atoms with Crippen molar-refractivity contribution in [2.45, 2.75) is 65.1 Å². The maximum Gasteiger partial charge on any atom is 0.213 e. The quantitative estimate of drug-likeness (QED) is 0.872. The van der Waals surface area contributed by atoms with Crippen molar-refractivity contribution in [1.29, 1.82) is 0 Å². The molecule has 0 aromatic carbocycles. The SMILES string of the molecule is CC(C)COc1ccc(OC2CC(NC(C)(C)C)C2)nc1. The van der Waals surface area contributed by atoms with Gasteiger partial charge in [-0.05, 0) is 45.6 Å². The zero-order valence-electron chi connectivity index (χ0n) is 13.8. The molecule has 1 aromatic heterocycles. The Morgan fingerprint density at radius 2 is 2.00 bits per heavy atom. The Kier molecular flexibility index (Phi) is 5.09. The summed E-state index contributed by atoms with van der Waals surface area (Å²) in [6.45, 7) is 11.5. The highest BCUT2D eigenvalue weighted by atomic mass is 16.5. The van der Waals surface area contributed by atoms with E-state index >= 15 is 0 Å². The van der Waals surface area contributed by atoms with Crippen LogP contribution in [0, 0.1) is 5.92 Å². The van der Waals surface area contributed by atoms with Gasteiger partial charge in [-0.25, -0.2) is 4.98 Å². The lowest BCUT2D eigenvalue weighted by Gasteiger charge is -2.39. The molecule has 1 aromatic rings. The second kappa shape index (κ2) is 6.65. The fourth-order valence-corrected chi connectivity index (χ4v) is 2.35. The molecule has 0 amide bonds. The van der Waals surface area contributed by atoms with E-state index in [0.717, 1.165) is 18.6 Å². The van der Waals surface area contributed by atoms with E-state index in [0.29, 0.717) is 24.4 Å². The van der Waals surface area contributed by atoms with Gasteiger partial charge in [-0.1, -0.05) is 13.8 Å². The van der Waals surface area contributed by atoms with Gasteiger partial charge in [-0.15, -0.1) is 0 Å². The molecule has 1 aliphatic carbocycles. The van der Waals surface area contributed by atoms with Gasteiger partial charge in [0.15, 0.2) is 0 Å². The Labute approximate surface area is 128 Å². The van der Waals surface area contributed by atoms with Crippen LogP contribution in [0.3, 0.4) is 0 Å². The van der Waals surface area contributed by atoms with Crippen LogP contribution >= 0.6 is 0 Å². The Hall–Kier alpha value is -1.29. The van der Waals surface area contributed by atoms with Gasteiger partial charge in [0.25, 0.3) is 0 Å². The van der Waals surface area contributed by atoms with E-state index in [-0.39, 0.29) is 11.6 Å². The van der Waals surface area contributed by atoms with Gasteiger partial charge in [0.1, 0.15) is 11.9 Å². The second-order valence-corrected chi connectivity index (χ2v) is 7.34. The summed E-state index contributed by atoms with van der Waals surface area (Å²) in [5, 5.41) is 3.59. The maximum absolute atomic E-state index is 5.87. The summed E-state index contributed by atoms with van der Waals surface area (Å²) in [5.74, 6) is 2.01. The molecule has 4 heteroatoms. The van der Waals surface area contributed by atoms with Crippen LogP contribution in [0.4, 0.5) is 0 Å². The number of ether oxygens (including phenoxy) is 2. The number of hydrogen-bond acceptors (Lipinski definition) is 4. The normalized spacial score (nSPS) is 22.0. The van der Waals surface area contributed by atoms with E-state index in [1.165, 1.54) is 0 Å². The lowest BCUT2D eigenvalue weighted by Crippen LogP contribution is -2.53. The first-order valence-corrected chi connectivity index (χ1v) is 7.85. The summed E-state index contributed by atoms with van der Waals surface area (Å²) in [6.07, 6.45) is 4.11. The molecule has 0 unspecified atom stereocenters. The van der Waals surface area contributed by atoms with Crippen LogP contribution < -0.4 is 14.8 Å². The lowest BCUT2D eigenvalue weighted by atomic mass is 9.87.